The number of nitrogen functional groups attached to an aromatic ring is 1. The second-order valence-corrected chi connectivity index (χ2v) is 8.40. The molecule has 0 spiro atoms. The molecule has 0 radical (unpaired) electrons. The molecule has 5 heterocycles. The van der Waals surface area contributed by atoms with Gasteiger partial charge in [0.1, 0.15) is 5.82 Å². The van der Waals surface area contributed by atoms with Gasteiger partial charge in [0.05, 0.1) is 18.9 Å². The molecule has 11 heteroatoms. The lowest BCUT2D eigenvalue weighted by Crippen LogP contribution is -2.53. The van der Waals surface area contributed by atoms with Crippen molar-refractivity contribution in [1.82, 2.24) is 34.9 Å². The molecule has 33 heavy (non-hydrogen) atoms. The molecule has 1 amide bonds. The van der Waals surface area contributed by atoms with Crippen LogP contribution in [0.25, 0.3) is 0 Å². The normalized spacial score (nSPS) is 21.1. The van der Waals surface area contributed by atoms with E-state index in [1.165, 1.54) is 0 Å². The molecule has 2 aromatic rings. The summed E-state index contributed by atoms with van der Waals surface area (Å²) in [4.78, 5) is 30.6. The Morgan fingerprint density at radius 1 is 1.24 bits per heavy atom. The van der Waals surface area contributed by atoms with Crippen LogP contribution in [0.1, 0.15) is 30.5 Å². The minimum atomic E-state index is -0.275. The number of aliphatic imine (C=N–C) groups is 1. The Bertz CT molecular complexity index is 1070. The van der Waals surface area contributed by atoms with Crippen molar-refractivity contribution >= 4 is 17.6 Å². The number of nitrogens with zero attached hydrogens (tertiary/aromatic N) is 7. The quantitative estimate of drug-likeness (QED) is 0.641. The smallest absolute Gasteiger partial charge is 0.228 e. The van der Waals surface area contributed by atoms with E-state index in [-0.39, 0.29) is 18.1 Å². The molecule has 0 aliphatic carbocycles. The monoisotopic (exact) mass is 451 g/mol. The molecule has 1 fully saturated rings. The van der Waals surface area contributed by atoms with Crippen LogP contribution in [0.15, 0.2) is 41.0 Å². The van der Waals surface area contributed by atoms with Crippen molar-refractivity contribution in [2.45, 2.75) is 32.0 Å². The third-order valence-corrected chi connectivity index (χ3v) is 6.33. The van der Waals surface area contributed by atoms with Crippen LogP contribution in [0.5, 0.6) is 0 Å². The average molecular weight is 452 g/mol. The van der Waals surface area contributed by atoms with Gasteiger partial charge in [-0.1, -0.05) is 0 Å². The Kier molecular flexibility index (Phi) is 6.05. The molecule has 11 nitrogen and oxygen atoms in total. The van der Waals surface area contributed by atoms with Gasteiger partial charge in [0.2, 0.25) is 11.9 Å². The Morgan fingerprint density at radius 2 is 2.03 bits per heavy atom. The molecule has 3 aliphatic heterocycles. The number of aromatic nitrogens is 4. The lowest BCUT2D eigenvalue weighted by Gasteiger charge is -2.37. The number of hydrogen-bond acceptors (Lipinski definition) is 9. The van der Waals surface area contributed by atoms with Crippen LogP contribution in [0.2, 0.25) is 0 Å². The zero-order valence-corrected chi connectivity index (χ0v) is 18.8. The summed E-state index contributed by atoms with van der Waals surface area (Å²) in [6, 6.07) is 1.99. The number of aryl methyl sites for hydroxylation is 2. The van der Waals surface area contributed by atoms with Gasteiger partial charge in [-0.2, -0.15) is 5.10 Å². The SMILES string of the molecule is Cn1nccc1CCCC(=O)N1CCC2=C1NC(N1CCOCC1)N=C2c1cnc(N)nc1. The fraction of sp³-hybridized carbons (Fsp3) is 0.500. The standard InChI is InChI=1S/C22H29N9O2/c1-29-16(5-7-26-29)3-2-4-18(32)31-8-6-17-19(15-13-24-21(23)25-14-15)27-22(28-20(17)31)30-9-11-33-12-10-30/h5,7,13-14,22,28H,2-4,6,8-12H2,1H3,(H2,23,24,25). The van der Waals surface area contributed by atoms with Gasteiger partial charge in [-0.15, -0.1) is 0 Å². The van der Waals surface area contributed by atoms with E-state index in [9.17, 15) is 4.79 Å². The van der Waals surface area contributed by atoms with Crippen molar-refractivity contribution in [3.8, 4) is 0 Å². The number of nitrogens with one attached hydrogen (secondary N) is 1. The van der Waals surface area contributed by atoms with Gasteiger partial charge in [0.25, 0.3) is 0 Å². The highest BCUT2D eigenvalue weighted by molar-refractivity contribution is 6.14. The highest BCUT2D eigenvalue weighted by Crippen LogP contribution is 2.30. The molecule has 2 aromatic heterocycles. The lowest BCUT2D eigenvalue weighted by atomic mass is 10.0. The summed E-state index contributed by atoms with van der Waals surface area (Å²) in [5.41, 5.74) is 9.48. The number of morpholine rings is 1. The van der Waals surface area contributed by atoms with Crippen molar-refractivity contribution in [3.63, 3.8) is 0 Å². The molecule has 5 rings (SSSR count). The second-order valence-electron chi connectivity index (χ2n) is 8.40. The highest BCUT2D eigenvalue weighted by atomic mass is 16.5. The van der Waals surface area contributed by atoms with Crippen LogP contribution >= 0.6 is 0 Å². The van der Waals surface area contributed by atoms with E-state index in [0.717, 1.165) is 60.7 Å². The molecular formula is C22H29N9O2. The van der Waals surface area contributed by atoms with Crippen LogP contribution in [0, 0.1) is 0 Å². The molecule has 1 unspecified atom stereocenters. The van der Waals surface area contributed by atoms with Crippen LogP contribution in [-0.2, 0) is 23.0 Å². The maximum atomic E-state index is 13.2. The van der Waals surface area contributed by atoms with E-state index in [2.05, 4.69) is 25.3 Å². The summed E-state index contributed by atoms with van der Waals surface area (Å²) in [5.74, 6) is 1.19. The van der Waals surface area contributed by atoms with Crippen LogP contribution in [-0.4, -0.2) is 80.3 Å². The molecule has 1 atom stereocenters. The maximum Gasteiger partial charge on any atom is 0.228 e. The summed E-state index contributed by atoms with van der Waals surface area (Å²) in [6.07, 6.45) is 7.71. The maximum absolute atomic E-state index is 13.2. The van der Waals surface area contributed by atoms with Gasteiger partial charge in [-0.25, -0.2) is 15.0 Å². The van der Waals surface area contributed by atoms with E-state index >= 15 is 0 Å². The molecule has 0 saturated carbocycles. The molecule has 3 N–H and O–H groups in total. The van der Waals surface area contributed by atoms with Gasteiger partial charge in [0, 0.05) is 68.5 Å². The largest absolute Gasteiger partial charge is 0.379 e. The van der Waals surface area contributed by atoms with E-state index in [4.69, 9.17) is 15.5 Å². The van der Waals surface area contributed by atoms with Gasteiger partial charge in [0.15, 0.2) is 6.29 Å². The van der Waals surface area contributed by atoms with Gasteiger partial charge < -0.3 is 15.8 Å². The summed E-state index contributed by atoms with van der Waals surface area (Å²) in [6.45, 7) is 3.50. The fourth-order valence-electron chi connectivity index (χ4n) is 4.52. The van der Waals surface area contributed by atoms with E-state index in [1.807, 2.05) is 22.7 Å². The van der Waals surface area contributed by atoms with Crippen molar-refractivity contribution in [3.05, 3.63) is 47.3 Å². The minimum Gasteiger partial charge on any atom is -0.379 e. The summed E-state index contributed by atoms with van der Waals surface area (Å²) < 4.78 is 7.37. The third kappa shape index (κ3) is 4.46. The first-order valence-corrected chi connectivity index (χ1v) is 11.3. The lowest BCUT2D eigenvalue weighted by molar-refractivity contribution is -0.129. The van der Waals surface area contributed by atoms with Crippen LogP contribution in [0.3, 0.4) is 0 Å². The Balaban J connectivity index is 1.36. The van der Waals surface area contributed by atoms with Crippen LogP contribution in [0.4, 0.5) is 5.95 Å². The van der Waals surface area contributed by atoms with E-state index in [0.29, 0.717) is 26.2 Å². The number of ether oxygens (including phenoxy) is 1. The number of amides is 1. The van der Waals surface area contributed by atoms with Crippen LogP contribution < -0.4 is 11.1 Å². The zero-order chi connectivity index (χ0) is 22.8. The highest BCUT2D eigenvalue weighted by Gasteiger charge is 2.36. The average Bonchev–Trinajstić information content (AvgIpc) is 3.45. The predicted molar refractivity (Wildman–Crippen MR) is 122 cm³/mol. The second kappa shape index (κ2) is 9.28. The molecule has 3 aliphatic rings. The van der Waals surface area contributed by atoms with Crippen molar-refractivity contribution < 1.29 is 9.53 Å². The van der Waals surface area contributed by atoms with Crippen molar-refractivity contribution in [2.75, 3.05) is 38.6 Å². The predicted octanol–water partition coefficient (Wildman–Crippen LogP) is 0.267. The summed E-state index contributed by atoms with van der Waals surface area (Å²) in [5, 5.41) is 7.73. The van der Waals surface area contributed by atoms with E-state index < -0.39 is 0 Å². The zero-order valence-electron chi connectivity index (χ0n) is 18.8. The molecule has 174 valence electrons. The Morgan fingerprint density at radius 3 is 2.76 bits per heavy atom. The number of rotatable bonds is 6. The van der Waals surface area contributed by atoms with E-state index in [1.54, 1.807) is 18.6 Å². The number of nitrogens with two attached hydrogens (primary N) is 1. The first-order chi connectivity index (χ1) is 16.1. The number of anilines is 1. The van der Waals surface area contributed by atoms with Gasteiger partial charge >= 0.3 is 0 Å². The first-order valence-electron chi connectivity index (χ1n) is 11.3. The van der Waals surface area contributed by atoms with Gasteiger partial charge in [-0.3, -0.25) is 19.3 Å². The summed E-state index contributed by atoms with van der Waals surface area (Å²) >= 11 is 0. The number of hydrogen-bond donors (Lipinski definition) is 2. The molecule has 0 bridgehead atoms. The third-order valence-electron chi connectivity index (χ3n) is 6.33. The molecule has 1 saturated heterocycles. The Hall–Kier alpha value is -3.31. The molecular weight excluding hydrogens is 422 g/mol. The summed E-state index contributed by atoms with van der Waals surface area (Å²) in [7, 11) is 1.92. The Labute approximate surface area is 192 Å². The molecule has 0 aromatic carbocycles. The number of carbonyl (C=O) groups is 1. The van der Waals surface area contributed by atoms with Gasteiger partial charge in [-0.05, 0) is 25.3 Å². The number of carbonyl (C=O) groups excluding carboxylic acids is 1. The first kappa shape index (κ1) is 21.5. The minimum absolute atomic E-state index is 0.116. The fourth-order valence-corrected chi connectivity index (χ4v) is 4.52. The van der Waals surface area contributed by atoms with Crippen molar-refractivity contribution in [1.29, 1.82) is 0 Å². The van der Waals surface area contributed by atoms with Crippen molar-refractivity contribution in [2.24, 2.45) is 12.0 Å². The topological polar surface area (TPSA) is 127 Å².